The fraction of sp³-hybridized carbons (Fsp3) is 0.333. The van der Waals surface area contributed by atoms with Gasteiger partial charge in [-0.05, 0) is 12.0 Å². The second kappa shape index (κ2) is 6.18. The van der Waals surface area contributed by atoms with Crippen molar-refractivity contribution in [1.82, 2.24) is 9.78 Å². The predicted molar refractivity (Wildman–Crippen MR) is 75.9 cm³/mol. The number of anilines is 1. The Morgan fingerprint density at radius 3 is 2.74 bits per heavy atom. The van der Waals surface area contributed by atoms with Crippen LogP contribution in [0.1, 0.15) is 25.8 Å². The molecular formula is C15H19N3O. The van der Waals surface area contributed by atoms with Crippen molar-refractivity contribution in [3.8, 4) is 0 Å². The van der Waals surface area contributed by atoms with Gasteiger partial charge in [0.15, 0.2) is 0 Å². The molecule has 0 spiro atoms. The highest BCUT2D eigenvalue weighted by Gasteiger charge is 2.12. The first-order chi connectivity index (χ1) is 9.20. The Bertz CT molecular complexity index is 533. The molecule has 1 amide bonds. The number of benzene rings is 1. The Morgan fingerprint density at radius 1 is 1.32 bits per heavy atom. The monoisotopic (exact) mass is 257 g/mol. The third kappa shape index (κ3) is 3.44. The molecule has 4 heteroatoms. The van der Waals surface area contributed by atoms with E-state index < -0.39 is 0 Å². The fourth-order valence-corrected chi connectivity index (χ4v) is 1.76. The number of carbonyl (C=O) groups is 1. The van der Waals surface area contributed by atoms with Gasteiger partial charge in [-0.3, -0.25) is 4.79 Å². The van der Waals surface area contributed by atoms with E-state index in [1.54, 1.807) is 10.9 Å². The molecule has 0 bridgehead atoms. The number of rotatable bonds is 5. The SMILES string of the molecule is CC[C@H](C)C(=O)Nc1ccnn1Cc1ccccc1. The van der Waals surface area contributed by atoms with E-state index in [1.807, 2.05) is 50.2 Å². The molecule has 1 N–H and O–H groups in total. The topological polar surface area (TPSA) is 46.9 Å². The van der Waals surface area contributed by atoms with Crippen molar-refractivity contribution in [2.24, 2.45) is 5.92 Å². The predicted octanol–water partition coefficient (Wildman–Crippen LogP) is 2.92. The Hall–Kier alpha value is -2.10. The van der Waals surface area contributed by atoms with E-state index in [4.69, 9.17) is 0 Å². The van der Waals surface area contributed by atoms with Crippen LogP contribution in [0.4, 0.5) is 5.82 Å². The summed E-state index contributed by atoms with van der Waals surface area (Å²) in [6.45, 7) is 4.59. The van der Waals surface area contributed by atoms with Crippen molar-refractivity contribution in [1.29, 1.82) is 0 Å². The van der Waals surface area contributed by atoms with E-state index in [-0.39, 0.29) is 11.8 Å². The lowest BCUT2D eigenvalue weighted by molar-refractivity contribution is -0.119. The van der Waals surface area contributed by atoms with Crippen LogP contribution in [0.2, 0.25) is 0 Å². The van der Waals surface area contributed by atoms with Crippen LogP contribution in [0.5, 0.6) is 0 Å². The van der Waals surface area contributed by atoms with Gasteiger partial charge >= 0.3 is 0 Å². The second-order valence-corrected chi connectivity index (χ2v) is 4.66. The van der Waals surface area contributed by atoms with Gasteiger partial charge in [-0.25, -0.2) is 4.68 Å². The largest absolute Gasteiger partial charge is 0.311 e. The summed E-state index contributed by atoms with van der Waals surface area (Å²) in [5.74, 6) is 0.798. The number of hydrogen-bond donors (Lipinski definition) is 1. The van der Waals surface area contributed by atoms with Crippen LogP contribution in [0.15, 0.2) is 42.6 Å². The zero-order chi connectivity index (χ0) is 13.7. The van der Waals surface area contributed by atoms with Crippen molar-refractivity contribution in [2.45, 2.75) is 26.8 Å². The molecule has 19 heavy (non-hydrogen) atoms. The van der Waals surface area contributed by atoms with E-state index in [9.17, 15) is 4.79 Å². The molecule has 0 aliphatic carbocycles. The van der Waals surface area contributed by atoms with Gasteiger partial charge < -0.3 is 5.32 Å². The average Bonchev–Trinajstić information content (AvgIpc) is 2.86. The summed E-state index contributed by atoms with van der Waals surface area (Å²) in [5.41, 5.74) is 1.16. The minimum atomic E-state index is 0.0140. The van der Waals surface area contributed by atoms with Crippen molar-refractivity contribution in [3.05, 3.63) is 48.2 Å². The van der Waals surface area contributed by atoms with Gasteiger partial charge in [0.25, 0.3) is 0 Å². The van der Waals surface area contributed by atoms with Crippen molar-refractivity contribution < 1.29 is 4.79 Å². The van der Waals surface area contributed by atoms with E-state index in [0.29, 0.717) is 6.54 Å². The summed E-state index contributed by atoms with van der Waals surface area (Å²) in [5, 5.41) is 7.17. The molecule has 0 radical (unpaired) electrons. The normalized spacial score (nSPS) is 12.1. The van der Waals surface area contributed by atoms with E-state index >= 15 is 0 Å². The van der Waals surface area contributed by atoms with Gasteiger partial charge in [0.05, 0.1) is 12.7 Å². The fourth-order valence-electron chi connectivity index (χ4n) is 1.76. The van der Waals surface area contributed by atoms with Crippen LogP contribution >= 0.6 is 0 Å². The maximum Gasteiger partial charge on any atom is 0.228 e. The average molecular weight is 257 g/mol. The number of aromatic nitrogens is 2. The van der Waals surface area contributed by atoms with Gasteiger partial charge in [0, 0.05) is 12.0 Å². The maximum absolute atomic E-state index is 11.9. The molecule has 4 nitrogen and oxygen atoms in total. The van der Waals surface area contributed by atoms with Gasteiger partial charge in [0.1, 0.15) is 5.82 Å². The summed E-state index contributed by atoms with van der Waals surface area (Å²) >= 11 is 0. The standard InChI is InChI=1S/C15H19N3O/c1-3-12(2)15(19)17-14-9-10-16-18(14)11-13-7-5-4-6-8-13/h4-10,12H,3,11H2,1-2H3,(H,17,19)/t12-/m0/s1. The highest BCUT2D eigenvalue weighted by atomic mass is 16.1. The lowest BCUT2D eigenvalue weighted by atomic mass is 10.1. The highest BCUT2D eigenvalue weighted by Crippen LogP contribution is 2.12. The second-order valence-electron chi connectivity index (χ2n) is 4.66. The van der Waals surface area contributed by atoms with Crippen LogP contribution in [0.25, 0.3) is 0 Å². The molecule has 1 aromatic heterocycles. The molecule has 0 saturated heterocycles. The summed E-state index contributed by atoms with van der Waals surface area (Å²) in [6.07, 6.45) is 2.54. The van der Waals surface area contributed by atoms with Gasteiger partial charge in [-0.2, -0.15) is 5.10 Å². The number of carbonyl (C=O) groups excluding carboxylic acids is 1. The van der Waals surface area contributed by atoms with Crippen LogP contribution in [0.3, 0.4) is 0 Å². The molecule has 0 aliphatic rings. The third-order valence-corrected chi connectivity index (χ3v) is 3.20. The lowest BCUT2D eigenvalue weighted by Gasteiger charge is -2.12. The lowest BCUT2D eigenvalue weighted by Crippen LogP contribution is -2.22. The van der Waals surface area contributed by atoms with E-state index in [2.05, 4.69) is 10.4 Å². The smallest absolute Gasteiger partial charge is 0.228 e. The molecule has 0 fully saturated rings. The molecular weight excluding hydrogens is 238 g/mol. The Balaban J connectivity index is 2.08. The Labute approximate surface area is 113 Å². The molecule has 0 saturated carbocycles. The van der Waals surface area contributed by atoms with Gasteiger partial charge in [-0.15, -0.1) is 0 Å². The molecule has 1 atom stereocenters. The number of nitrogens with zero attached hydrogens (tertiary/aromatic N) is 2. The van der Waals surface area contributed by atoms with Crippen molar-refractivity contribution in [3.63, 3.8) is 0 Å². The molecule has 1 aromatic carbocycles. The number of hydrogen-bond acceptors (Lipinski definition) is 2. The molecule has 0 unspecified atom stereocenters. The van der Waals surface area contributed by atoms with Crippen LogP contribution in [-0.4, -0.2) is 15.7 Å². The minimum Gasteiger partial charge on any atom is -0.311 e. The van der Waals surface area contributed by atoms with Crippen molar-refractivity contribution >= 4 is 11.7 Å². The maximum atomic E-state index is 11.9. The van der Waals surface area contributed by atoms with Crippen LogP contribution in [-0.2, 0) is 11.3 Å². The zero-order valence-corrected chi connectivity index (χ0v) is 11.3. The van der Waals surface area contributed by atoms with E-state index in [0.717, 1.165) is 17.8 Å². The molecule has 1 heterocycles. The summed E-state index contributed by atoms with van der Waals surface area (Å²) in [7, 11) is 0. The Kier molecular flexibility index (Phi) is 4.34. The number of amides is 1. The summed E-state index contributed by atoms with van der Waals surface area (Å²) < 4.78 is 1.80. The number of nitrogens with one attached hydrogen (secondary N) is 1. The highest BCUT2D eigenvalue weighted by molar-refractivity contribution is 5.91. The van der Waals surface area contributed by atoms with E-state index in [1.165, 1.54) is 0 Å². The van der Waals surface area contributed by atoms with Gasteiger partial charge in [0.2, 0.25) is 5.91 Å². The third-order valence-electron chi connectivity index (χ3n) is 3.20. The van der Waals surface area contributed by atoms with Crippen LogP contribution in [0, 0.1) is 5.92 Å². The first kappa shape index (κ1) is 13.3. The van der Waals surface area contributed by atoms with Crippen molar-refractivity contribution in [2.75, 3.05) is 5.32 Å². The molecule has 2 aromatic rings. The minimum absolute atomic E-state index is 0.0140. The Morgan fingerprint density at radius 2 is 2.05 bits per heavy atom. The first-order valence-corrected chi connectivity index (χ1v) is 6.57. The molecule has 100 valence electrons. The first-order valence-electron chi connectivity index (χ1n) is 6.57. The van der Waals surface area contributed by atoms with Gasteiger partial charge in [-0.1, -0.05) is 44.2 Å². The summed E-state index contributed by atoms with van der Waals surface area (Å²) in [4.78, 5) is 11.9. The zero-order valence-electron chi connectivity index (χ0n) is 11.3. The summed E-state index contributed by atoms with van der Waals surface area (Å²) in [6, 6.07) is 11.9. The quantitative estimate of drug-likeness (QED) is 0.895. The molecule has 0 aliphatic heterocycles. The van der Waals surface area contributed by atoms with Crippen LogP contribution < -0.4 is 5.32 Å². The molecule has 2 rings (SSSR count).